The summed E-state index contributed by atoms with van der Waals surface area (Å²) < 4.78 is 6.18. The summed E-state index contributed by atoms with van der Waals surface area (Å²) in [6, 6.07) is 0. The Hall–Kier alpha value is -0.450. The van der Waals surface area contributed by atoms with Crippen LogP contribution in [0.25, 0.3) is 0 Å². The van der Waals surface area contributed by atoms with Crippen LogP contribution < -0.4 is 5.32 Å². The smallest absolute Gasteiger partial charge is 0.125 e. The lowest BCUT2D eigenvalue weighted by molar-refractivity contribution is -0.0705. The van der Waals surface area contributed by atoms with E-state index in [0.29, 0.717) is 0 Å². The van der Waals surface area contributed by atoms with Crippen molar-refractivity contribution in [2.24, 2.45) is 0 Å². The second kappa shape index (κ2) is 7.53. The van der Waals surface area contributed by atoms with Crippen molar-refractivity contribution in [3.63, 3.8) is 0 Å². The highest BCUT2D eigenvalue weighted by Gasteiger charge is 2.37. The summed E-state index contributed by atoms with van der Waals surface area (Å²) in [6.45, 7) is 9.22. The Bertz CT molecular complexity index is 405. The molecule has 1 aliphatic carbocycles. The Kier molecular flexibility index (Phi) is 6.00. The van der Waals surface area contributed by atoms with Gasteiger partial charge in [0.1, 0.15) is 10.6 Å². The zero-order valence-electron chi connectivity index (χ0n) is 13.1. The average molecular weight is 296 g/mol. The van der Waals surface area contributed by atoms with E-state index in [1.54, 1.807) is 0 Å². The minimum absolute atomic E-state index is 0.0918. The largest absolute Gasteiger partial charge is 0.368 e. The van der Waals surface area contributed by atoms with E-state index in [4.69, 9.17) is 9.72 Å². The number of nitrogens with one attached hydrogen (secondary N) is 1. The van der Waals surface area contributed by atoms with Gasteiger partial charge < -0.3 is 10.1 Å². The first-order chi connectivity index (χ1) is 9.72. The predicted molar refractivity (Wildman–Crippen MR) is 85.2 cm³/mol. The van der Waals surface area contributed by atoms with Gasteiger partial charge in [-0.3, -0.25) is 0 Å². The average Bonchev–Trinajstić information content (AvgIpc) is 2.83. The van der Waals surface area contributed by atoms with Gasteiger partial charge in [-0.25, -0.2) is 4.98 Å². The van der Waals surface area contributed by atoms with Crippen molar-refractivity contribution >= 4 is 11.3 Å². The highest BCUT2D eigenvalue weighted by atomic mass is 32.1. The van der Waals surface area contributed by atoms with Crippen molar-refractivity contribution < 1.29 is 4.74 Å². The van der Waals surface area contributed by atoms with Gasteiger partial charge in [-0.15, -0.1) is 11.3 Å². The third-order valence-electron chi connectivity index (χ3n) is 4.08. The number of thiazole rings is 1. The Morgan fingerprint density at radius 3 is 2.65 bits per heavy atom. The highest BCUT2D eigenvalue weighted by molar-refractivity contribution is 7.11. The molecule has 114 valence electrons. The fourth-order valence-corrected chi connectivity index (χ4v) is 4.22. The van der Waals surface area contributed by atoms with Gasteiger partial charge in [0.05, 0.1) is 5.69 Å². The molecule has 1 heterocycles. The quantitative estimate of drug-likeness (QED) is 0.768. The molecule has 0 unspecified atom stereocenters. The first kappa shape index (κ1) is 15.9. The molecule has 1 aromatic heterocycles. The van der Waals surface area contributed by atoms with Gasteiger partial charge in [0.25, 0.3) is 0 Å². The third kappa shape index (κ3) is 3.60. The van der Waals surface area contributed by atoms with Crippen molar-refractivity contribution in [1.82, 2.24) is 10.3 Å². The van der Waals surface area contributed by atoms with Crippen LogP contribution >= 0.6 is 11.3 Å². The second-order valence-corrected chi connectivity index (χ2v) is 6.78. The molecule has 3 nitrogen and oxygen atoms in total. The van der Waals surface area contributed by atoms with E-state index in [9.17, 15) is 0 Å². The summed E-state index contributed by atoms with van der Waals surface area (Å²) in [4.78, 5) is 6.23. The van der Waals surface area contributed by atoms with Crippen molar-refractivity contribution in [1.29, 1.82) is 0 Å². The third-order valence-corrected chi connectivity index (χ3v) is 5.42. The van der Waals surface area contributed by atoms with E-state index >= 15 is 0 Å². The lowest BCUT2D eigenvalue weighted by Crippen LogP contribution is -2.32. The van der Waals surface area contributed by atoms with Crippen molar-refractivity contribution in [3.05, 3.63) is 15.6 Å². The minimum atomic E-state index is -0.0918. The summed E-state index contributed by atoms with van der Waals surface area (Å²) in [5.74, 6) is 0. The fraction of sp³-hybridized carbons (Fsp3) is 0.812. The first-order valence-corrected chi connectivity index (χ1v) is 8.85. The van der Waals surface area contributed by atoms with Crippen LogP contribution in [0.15, 0.2) is 0 Å². The molecule has 1 aromatic rings. The number of hydrogen-bond donors (Lipinski definition) is 1. The Balaban J connectivity index is 2.14. The second-order valence-electron chi connectivity index (χ2n) is 5.69. The monoisotopic (exact) mass is 296 g/mol. The molecule has 1 saturated carbocycles. The summed E-state index contributed by atoms with van der Waals surface area (Å²) in [5.41, 5.74) is 1.09. The van der Waals surface area contributed by atoms with Gasteiger partial charge in [-0.2, -0.15) is 0 Å². The normalized spacial score (nSPS) is 18.4. The van der Waals surface area contributed by atoms with Crippen LogP contribution in [0.2, 0.25) is 0 Å². The molecule has 4 heteroatoms. The van der Waals surface area contributed by atoms with E-state index < -0.39 is 0 Å². The molecule has 0 amide bonds. The summed E-state index contributed by atoms with van der Waals surface area (Å²) in [7, 11) is 0. The van der Waals surface area contributed by atoms with Gasteiger partial charge >= 0.3 is 0 Å². The number of aryl methyl sites for hydroxylation is 1. The summed E-state index contributed by atoms with van der Waals surface area (Å²) in [6.07, 6.45) is 7.31. The fourth-order valence-electron chi connectivity index (χ4n) is 2.98. The Labute approximate surface area is 127 Å². The molecule has 0 atom stereocenters. The number of rotatable bonds is 7. The van der Waals surface area contributed by atoms with Crippen LogP contribution in [0.3, 0.4) is 0 Å². The zero-order chi connectivity index (χ0) is 14.4. The summed E-state index contributed by atoms with van der Waals surface area (Å²) >= 11 is 1.86. The number of aromatic nitrogens is 1. The molecule has 1 N–H and O–H groups in total. The van der Waals surface area contributed by atoms with Gasteiger partial charge in [-0.1, -0.05) is 26.2 Å². The molecule has 20 heavy (non-hydrogen) atoms. The molecule has 0 aliphatic heterocycles. The van der Waals surface area contributed by atoms with E-state index in [1.807, 2.05) is 11.3 Å². The van der Waals surface area contributed by atoms with Crippen LogP contribution in [0.4, 0.5) is 0 Å². The lowest BCUT2D eigenvalue weighted by atomic mass is 9.85. The van der Waals surface area contributed by atoms with Crippen molar-refractivity contribution in [3.8, 4) is 0 Å². The van der Waals surface area contributed by atoms with Gasteiger partial charge in [0.15, 0.2) is 0 Å². The van der Waals surface area contributed by atoms with Crippen LogP contribution in [0, 0.1) is 6.92 Å². The van der Waals surface area contributed by atoms with Crippen LogP contribution in [-0.4, -0.2) is 18.1 Å². The van der Waals surface area contributed by atoms with E-state index in [-0.39, 0.29) is 5.60 Å². The highest BCUT2D eigenvalue weighted by Crippen LogP contribution is 2.42. The van der Waals surface area contributed by atoms with E-state index in [1.165, 1.54) is 41.3 Å². The van der Waals surface area contributed by atoms with Crippen molar-refractivity contribution in [2.45, 2.75) is 71.4 Å². The maximum Gasteiger partial charge on any atom is 0.125 e. The molecule has 0 radical (unpaired) electrons. The molecule has 0 bridgehead atoms. The first-order valence-electron chi connectivity index (χ1n) is 8.03. The molecule has 0 aromatic carbocycles. The maximum absolute atomic E-state index is 6.18. The zero-order valence-corrected chi connectivity index (χ0v) is 13.9. The van der Waals surface area contributed by atoms with Crippen LogP contribution in [-0.2, 0) is 16.9 Å². The number of hydrogen-bond acceptors (Lipinski definition) is 4. The molecule has 1 aliphatic rings. The summed E-state index contributed by atoms with van der Waals surface area (Å²) in [5, 5.41) is 4.70. The van der Waals surface area contributed by atoms with Crippen LogP contribution in [0.5, 0.6) is 0 Å². The van der Waals surface area contributed by atoms with E-state index in [0.717, 1.165) is 32.5 Å². The maximum atomic E-state index is 6.18. The minimum Gasteiger partial charge on any atom is -0.368 e. The Morgan fingerprint density at radius 2 is 2.00 bits per heavy atom. The van der Waals surface area contributed by atoms with Crippen LogP contribution in [0.1, 0.15) is 68.0 Å². The van der Waals surface area contributed by atoms with E-state index in [2.05, 4.69) is 26.1 Å². The standard InChI is InChI=1S/C16H28N2OS/c1-4-11-17-12-14-13(3)18-15(20-14)16(19-5-2)9-7-6-8-10-16/h17H,4-12H2,1-3H3. The number of nitrogens with zero attached hydrogens (tertiary/aromatic N) is 1. The van der Waals surface area contributed by atoms with Gasteiger partial charge in [0.2, 0.25) is 0 Å². The molecule has 2 rings (SSSR count). The molecular weight excluding hydrogens is 268 g/mol. The predicted octanol–water partition coefficient (Wildman–Crippen LogP) is 4.15. The Morgan fingerprint density at radius 1 is 1.25 bits per heavy atom. The van der Waals surface area contributed by atoms with Gasteiger partial charge in [0, 0.05) is 18.0 Å². The molecular formula is C16H28N2OS. The molecule has 1 fully saturated rings. The lowest BCUT2D eigenvalue weighted by Gasteiger charge is -2.35. The SMILES string of the molecule is CCCNCc1sc(C2(OCC)CCCCC2)nc1C. The number of ether oxygens (including phenoxy) is 1. The topological polar surface area (TPSA) is 34.1 Å². The molecule has 0 saturated heterocycles. The molecule has 0 spiro atoms. The van der Waals surface area contributed by atoms with Gasteiger partial charge in [-0.05, 0) is 39.7 Å². The van der Waals surface area contributed by atoms with Crippen molar-refractivity contribution in [2.75, 3.05) is 13.2 Å².